The van der Waals surface area contributed by atoms with Gasteiger partial charge in [-0.3, -0.25) is 4.79 Å². The second kappa shape index (κ2) is 16.2. The van der Waals surface area contributed by atoms with E-state index in [0.29, 0.717) is 0 Å². The summed E-state index contributed by atoms with van der Waals surface area (Å²) in [6, 6.07) is 10.9. The summed E-state index contributed by atoms with van der Waals surface area (Å²) in [4.78, 5) is 24.6. The number of anilines is 1. The molecule has 2 atom stereocenters. The number of alkyl halides is 12. The lowest BCUT2D eigenvalue weighted by atomic mass is 10.2. The molecule has 1 amide bonds. The van der Waals surface area contributed by atoms with Crippen molar-refractivity contribution in [1.82, 2.24) is 0 Å². The molecular formula is C32H23F12NO7. The van der Waals surface area contributed by atoms with Gasteiger partial charge in [-0.25, -0.2) is 13.6 Å². The van der Waals surface area contributed by atoms with E-state index < -0.39 is 71.8 Å². The summed E-state index contributed by atoms with van der Waals surface area (Å²) in [7, 11) is 1.96. The van der Waals surface area contributed by atoms with E-state index in [1.807, 2.05) is 0 Å². The molecule has 0 aliphatic heterocycles. The molecule has 0 fully saturated rings. The SMILES string of the molecule is COc1cc(C=CC(=O)Nc2ccc(OC(=O)C=Cc3ccc(OC(F)(F)C(F)C(F)(F)F)c(OC)c3)cc2)ccc1OC(F)(F)C(F)C(F)(F)F. The summed E-state index contributed by atoms with van der Waals surface area (Å²) in [5.74, 6) is -4.50. The van der Waals surface area contributed by atoms with E-state index in [1.54, 1.807) is 0 Å². The van der Waals surface area contributed by atoms with Gasteiger partial charge in [0.05, 0.1) is 14.2 Å². The van der Waals surface area contributed by atoms with Crippen molar-refractivity contribution in [2.45, 2.75) is 36.9 Å². The number of methoxy groups -OCH3 is 2. The highest BCUT2D eigenvalue weighted by Gasteiger charge is 2.60. The highest BCUT2D eigenvalue weighted by Crippen LogP contribution is 2.41. The molecule has 0 saturated carbocycles. The average molecular weight is 762 g/mol. The Hall–Kier alpha value is -5.56. The van der Waals surface area contributed by atoms with Crippen molar-refractivity contribution in [2.24, 2.45) is 0 Å². The molecule has 20 heteroatoms. The predicted molar refractivity (Wildman–Crippen MR) is 158 cm³/mol. The first-order valence-corrected chi connectivity index (χ1v) is 14.0. The summed E-state index contributed by atoms with van der Waals surface area (Å²) in [6.07, 6.45) is -27.4. The number of nitrogens with one attached hydrogen (secondary N) is 1. The molecule has 3 aromatic rings. The van der Waals surface area contributed by atoms with E-state index in [1.165, 1.54) is 30.3 Å². The van der Waals surface area contributed by atoms with Crippen LogP contribution < -0.4 is 29.0 Å². The van der Waals surface area contributed by atoms with Crippen LogP contribution in [0, 0.1) is 0 Å². The predicted octanol–water partition coefficient (Wildman–Crippen LogP) is 8.72. The minimum Gasteiger partial charge on any atom is -0.493 e. The van der Waals surface area contributed by atoms with E-state index in [2.05, 4.69) is 14.8 Å². The molecule has 0 aliphatic rings. The standard InChI is InChI=1S/C32H23F12NO7/c1-48-23-15-17(3-11-21(23)51-31(41,42)27(33)29(35,36)37)5-13-25(46)45-19-7-9-20(10-8-19)50-26(47)14-6-18-4-12-22(24(16-18)49-2)52-32(43,44)28(34)30(38,39)40/h3-16,27-28H,1-2H3,(H,45,46). The second-order valence-corrected chi connectivity index (χ2v) is 10.1. The number of halogens is 12. The van der Waals surface area contributed by atoms with Gasteiger partial charge in [-0.1, -0.05) is 12.1 Å². The summed E-state index contributed by atoms with van der Waals surface area (Å²) in [5, 5.41) is 2.45. The van der Waals surface area contributed by atoms with Crippen molar-refractivity contribution in [1.29, 1.82) is 0 Å². The number of hydrogen-bond donors (Lipinski definition) is 1. The van der Waals surface area contributed by atoms with Gasteiger partial charge in [0, 0.05) is 17.8 Å². The van der Waals surface area contributed by atoms with Crippen molar-refractivity contribution >= 4 is 29.7 Å². The molecule has 0 aliphatic carbocycles. The highest BCUT2D eigenvalue weighted by atomic mass is 19.4. The Bertz CT molecular complexity index is 1650. The number of rotatable bonds is 14. The van der Waals surface area contributed by atoms with Gasteiger partial charge in [-0.15, -0.1) is 0 Å². The number of hydrogen-bond acceptors (Lipinski definition) is 7. The Labute approximate surface area is 285 Å². The Kier molecular flexibility index (Phi) is 12.7. The zero-order valence-corrected chi connectivity index (χ0v) is 26.1. The highest BCUT2D eigenvalue weighted by molar-refractivity contribution is 6.02. The Balaban J connectivity index is 1.58. The van der Waals surface area contributed by atoms with Gasteiger partial charge in [0.1, 0.15) is 5.75 Å². The van der Waals surface area contributed by atoms with E-state index in [0.717, 1.165) is 68.8 Å². The zero-order chi connectivity index (χ0) is 39.1. The number of carbonyl (C=O) groups is 2. The molecule has 52 heavy (non-hydrogen) atoms. The van der Waals surface area contributed by atoms with E-state index in [4.69, 9.17) is 14.2 Å². The van der Waals surface area contributed by atoms with Gasteiger partial charge in [0.15, 0.2) is 23.0 Å². The molecule has 3 aromatic carbocycles. The molecule has 0 saturated heterocycles. The summed E-state index contributed by atoms with van der Waals surface area (Å²) in [6.45, 7) is 0. The number of benzene rings is 3. The molecule has 0 radical (unpaired) electrons. The van der Waals surface area contributed by atoms with Crippen LogP contribution >= 0.6 is 0 Å². The molecule has 8 nitrogen and oxygen atoms in total. The van der Waals surface area contributed by atoms with Gasteiger partial charge in [-0.2, -0.15) is 43.9 Å². The second-order valence-electron chi connectivity index (χ2n) is 10.1. The maximum atomic E-state index is 13.7. The molecule has 1 N–H and O–H groups in total. The van der Waals surface area contributed by atoms with Crippen molar-refractivity contribution in [3.63, 3.8) is 0 Å². The third-order valence-electron chi connectivity index (χ3n) is 6.21. The molecule has 3 rings (SSSR count). The van der Waals surface area contributed by atoms with Crippen LogP contribution in [0.3, 0.4) is 0 Å². The van der Waals surface area contributed by atoms with Crippen LogP contribution in [0.15, 0.2) is 72.8 Å². The summed E-state index contributed by atoms with van der Waals surface area (Å²) < 4.78 is 178. The first-order valence-electron chi connectivity index (χ1n) is 14.0. The smallest absolute Gasteiger partial charge is 0.439 e. The third-order valence-corrected chi connectivity index (χ3v) is 6.21. The van der Waals surface area contributed by atoms with Gasteiger partial charge < -0.3 is 29.0 Å². The van der Waals surface area contributed by atoms with Crippen LogP contribution in [0.25, 0.3) is 12.2 Å². The molecule has 282 valence electrons. The number of ether oxygens (including phenoxy) is 5. The van der Waals surface area contributed by atoms with Gasteiger partial charge in [0.2, 0.25) is 5.91 Å². The maximum Gasteiger partial charge on any atom is 0.439 e. The minimum atomic E-state index is -5.90. The van der Waals surface area contributed by atoms with E-state index in [-0.39, 0.29) is 22.6 Å². The van der Waals surface area contributed by atoms with Gasteiger partial charge >= 0.3 is 30.5 Å². The van der Waals surface area contributed by atoms with Crippen molar-refractivity contribution < 1.29 is 86.0 Å². The normalized spacial score (nSPS) is 13.8. The topological polar surface area (TPSA) is 92.3 Å². The van der Waals surface area contributed by atoms with Crippen LogP contribution in [0.2, 0.25) is 0 Å². The molecule has 0 heterocycles. The van der Waals surface area contributed by atoms with Crippen LogP contribution in [0.1, 0.15) is 11.1 Å². The van der Waals surface area contributed by atoms with Crippen molar-refractivity contribution in [3.8, 4) is 28.7 Å². The van der Waals surface area contributed by atoms with Crippen LogP contribution in [-0.4, -0.2) is 63.0 Å². The fourth-order valence-corrected chi connectivity index (χ4v) is 3.80. The van der Waals surface area contributed by atoms with Gasteiger partial charge in [-0.05, 0) is 71.8 Å². The number of amides is 1. The van der Waals surface area contributed by atoms with Crippen molar-refractivity contribution in [3.05, 3.63) is 83.9 Å². The Morgan fingerprint density at radius 3 is 1.44 bits per heavy atom. The quantitative estimate of drug-likeness (QED) is 0.0761. The monoisotopic (exact) mass is 761 g/mol. The van der Waals surface area contributed by atoms with E-state index in [9.17, 15) is 62.3 Å². The zero-order valence-electron chi connectivity index (χ0n) is 26.1. The average Bonchev–Trinajstić information content (AvgIpc) is 3.06. The van der Waals surface area contributed by atoms with Crippen molar-refractivity contribution in [2.75, 3.05) is 19.5 Å². The summed E-state index contributed by atoms with van der Waals surface area (Å²) in [5.41, 5.74) is 0.461. The fourth-order valence-electron chi connectivity index (χ4n) is 3.80. The largest absolute Gasteiger partial charge is 0.493 e. The first-order chi connectivity index (χ1) is 24.1. The fraction of sp³-hybridized carbons (Fsp3) is 0.250. The molecule has 0 spiro atoms. The summed E-state index contributed by atoms with van der Waals surface area (Å²) >= 11 is 0. The lowest BCUT2D eigenvalue weighted by Crippen LogP contribution is -2.45. The Morgan fingerprint density at radius 2 is 1.04 bits per heavy atom. The molecule has 0 bridgehead atoms. The molecular weight excluding hydrogens is 738 g/mol. The van der Waals surface area contributed by atoms with E-state index >= 15 is 0 Å². The minimum absolute atomic E-state index is 0.00788. The number of esters is 1. The maximum absolute atomic E-state index is 13.7. The Morgan fingerprint density at radius 1 is 0.615 bits per heavy atom. The third kappa shape index (κ3) is 11.2. The van der Waals surface area contributed by atoms with Crippen LogP contribution in [-0.2, 0) is 9.59 Å². The lowest BCUT2D eigenvalue weighted by Gasteiger charge is -2.24. The van der Waals surface area contributed by atoms with Gasteiger partial charge in [0.25, 0.3) is 12.3 Å². The van der Waals surface area contributed by atoms with Crippen LogP contribution in [0.4, 0.5) is 58.4 Å². The molecule has 2 unspecified atom stereocenters. The molecule has 0 aromatic heterocycles. The first kappa shape index (κ1) is 40.9. The number of carbonyl (C=O) groups excluding carboxylic acids is 2. The lowest BCUT2D eigenvalue weighted by molar-refractivity contribution is -0.306. The van der Waals surface area contributed by atoms with Crippen LogP contribution in [0.5, 0.6) is 28.7 Å².